The van der Waals surface area contributed by atoms with Crippen molar-refractivity contribution in [3.05, 3.63) is 71.8 Å². The van der Waals surface area contributed by atoms with Gasteiger partial charge in [0.15, 0.2) is 0 Å². The van der Waals surface area contributed by atoms with Gasteiger partial charge in [0.2, 0.25) is 5.91 Å². The number of carbonyl (C=O) groups excluding carboxylic acids is 1. The third kappa shape index (κ3) is 3.41. The minimum atomic E-state index is -0.0999. The Balaban J connectivity index is 1.31. The van der Waals surface area contributed by atoms with E-state index in [0.717, 1.165) is 36.6 Å². The summed E-state index contributed by atoms with van der Waals surface area (Å²) in [5, 5.41) is 5.42. The van der Waals surface area contributed by atoms with Gasteiger partial charge in [0, 0.05) is 53.6 Å². The summed E-state index contributed by atoms with van der Waals surface area (Å²) in [5.41, 5.74) is 4.43. The van der Waals surface area contributed by atoms with Crippen molar-refractivity contribution in [3.8, 4) is 0 Å². The Kier molecular flexibility index (Phi) is 4.87. The number of benzene rings is 2. The lowest BCUT2D eigenvalue weighted by atomic mass is 10.1. The maximum Gasteiger partial charge on any atom is 0.244 e. The molecule has 0 unspecified atom stereocenters. The number of aromatic nitrogens is 3. The molecular formula is C25H26N4O. The molecule has 5 heteroatoms. The van der Waals surface area contributed by atoms with Gasteiger partial charge in [-0.25, -0.2) is 4.98 Å². The number of nitrogens with one attached hydrogen (secondary N) is 1. The third-order valence-corrected chi connectivity index (χ3v) is 5.94. The molecule has 1 N–H and O–H groups in total. The highest BCUT2D eigenvalue weighted by atomic mass is 16.1. The maximum atomic E-state index is 12.3. The molecule has 0 atom stereocenters. The molecule has 4 aromatic rings. The summed E-state index contributed by atoms with van der Waals surface area (Å²) in [4.78, 5) is 17.0. The van der Waals surface area contributed by atoms with E-state index in [-0.39, 0.29) is 5.91 Å². The molecule has 0 aliphatic carbocycles. The Morgan fingerprint density at radius 1 is 1.13 bits per heavy atom. The van der Waals surface area contributed by atoms with E-state index in [1.807, 2.05) is 6.08 Å². The van der Waals surface area contributed by atoms with Crippen molar-refractivity contribution in [2.45, 2.75) is 45.8 Å². The topological polar surface area (TPSA) is 51.9 Å². The number of para-hydroxylation sites is 1. The Morgan fingerprint density at radius 3 is 2.87 bits per heavy atom. The molecule has 30 heavy (non-hydrogen) atoms. The van der Waals surface area contributed by atoms with Crippen molar-refractivity contribution < 1.29 is 4.79 Å². The summed E-state index contributed by atoms with van der Waals surface area (Å²) in [5.74, 6) is 1.04. The average molecular weight is 399 g/mol. The number of nitrogens with zero attached hydrogens (tertiary/aromatic N) is 3. The third-order valence-electron chi connectivity index (χ3n) is 5.94. The van der Waals surface area contributed by atoms with E-state index in [0.29, 0.717) is 6.54 Å². The molecule has 0 fully saturated rings. The smallest absolute Gasteiger partial charge is 0.244 e. The highest BCUT2D eigenvalue weighted by Gasteiger charge is 2.12. The standard InChI is InChI=1S/C25H26N4O/c1-2-29-22-8-4-3-7-20(22)21-15-18(10-12-23(21)29)11-13-25(30)26-16-19-17-28-14-6-5-9-24(28)27-19/h3-4,7-8,10-13,15,17H,2,5-6,9,14,16H2,1H3,(H,26,30)/b13-11+. The molecule has 0 saturated heterocycles. The van der Waals surface area contributed by atoms with Gasteiger partial charge in [0.1, 0.15) is 5.82 Å². The van der Waals surface area contributed by atoms with Crippen molar-refractivity contribution in [3.63, 3.8) is 0 Å². The number of hydrogen-bond acceptors (Lipinski definition) is 2. The van der Waals surface area contributed by atoms with Gasteiger partial charge in [-0.3, -0.25) is 4.79 Å². The van der Waals surface area contributed by atoms with Crippen LogP contribution in [0, 0.1) is 0 Å². The zero-order valence-electron chi connectivity index (χ0n) is 17.3. The molecule has 1 aliphatic rings. The Hall–Kier alpha value is -3.34. The molecule has 5 rings (SSSR count). The molecule has 0 saturated carbocycles. The molecule has 3 heterocycles. The molecule has 0 radical (unpaired) electrons. The first-order chi connectivity index (χ1) is 14.7. The largest absolute Gasteiger partial charge is 0.347 e. The highest BCUT2D eigenvalue weighted by Crippen LogP contribution is 2.29. The minimum absolute atomic E-state index is 0.0999. The Morgan fingerprint density at radius 2 is 2.00 bits per heavy atom. The fourth-order valence-electron chi connectivity index (χ4n) is 4.48. The summed E-state index contributed by atoms with van der Waals surface area (Å²) in [6.07, 6.45) is 8.99. The molecule has 2 aromatic carbocycles. The first-order valence-corrected chi connectivity index (χ1v) is 10.7. The van der Waals surface area contributed by atoms with Crippen molar-refractivity contribution in [1.82, 2.24) is 19.4 Å². The van der Waals surface area contributed by atoms with Gasteiger partial charge >= 0.3 is 0 Å². The van der Waals surface area contributed by atoms with Gasteiger partial charge in [0.05, 0.1) is 12.2 Å². The first kappa shape index (κ1) is 18.7. The molecule has 0 spiro atoms. The van der Waals surface area contributed by atoms with Gasteiger partial charge in [-0.15, -0.1) is 0 Å². The predicted octanol–water partition coefficient (Wildman–Crippen LogP) is 4.68. The zero-order chi connectivity index (χ0) is 20.5. The average Bonchev–Trinajstić information content (AvgIpc) is 3.34. The molecule has 152 valence electrons. The van der Waals surface area contributed by atoms with Crippen LogP contribution in [0.5, 0.6) is 0 Å². The van der Waals surface area contributed by atoms with Crippen molar-refractivity contribution >= 4 is 33.8 Å². The van der Waals surface area contributed by atoms with E-state index in [2.05, 4.69) is 75.0 Å². The van der Waals surface area contributed by atoms with Gasteiger partial charge in [-0.1, -0.05) is 24.3 Å². The van der Waals surface area contributed by atoms with Crippen LogP contribution in [0.2, 0.25) is 0 Å². The van der Waals surface area contributed by atoms with Crippen LogP contribution in [0.15, 0.2) is 54.7 Å². The second-order valence-corrected chi connectivity index (χ2v) is 7.89. The van der Waals surface area contributed by atoms with Crippen molar-refractivity contribution in [1.29, 1.82) is 0 Å². The van der Waals surface area contributed by atoms with Gasteiger partial charge in [-0.2, -0.15) is 0 Å². The summed E-state index contributed by atoms with van der Waals surface area (Å²) in [7, 11) is 0. The Labute approximate surface area is 176 Å². The molecule has 2 aromatic heterocycles. The molecule has 0 bridgehead atoms. The summed E-state index contributed by atoms with van der Waals surface area (Å²) >= 11 is 0. The highest BCUT2D eigenvalue weighted by molar-refractivity contribution is 6.08. The number of carbonyl (C=O) groups is 1. The maximum absolute atomic E-state index is 12.3. The summed E-state index contributed by atoms with van der Waals surface area (Å²) in [6, 6.07) is 14.9. The molecule has 1 amide bonds. The SMILES string of the molecule is CCn1c2ccccc2c2cc(/C=C/C(=O)NCc3cn4c(n3)CCCC4)ccc21. The normalized spacial score (nSPS) is 13.9. The first-order valence-electron chi connectivity index (χ1n) is 10.7. The van der Waals surface area contributed by atoms with Crippen LogP contribution < -0.4 is 5.32 Å². The van der Waals surface area contributed by atoms with Crippen LogP contribution in [0.25, 0.3) is 27.9 Å². The number of fused-ring (bicyclic) bond motifs is 4. The zero-order valence-corrected chi connectivity index (χ0v) is 17.3. The lowest BCUT2D eigenvalue weighted by Gasteiger charge is -2.11. The second kappa shape index (κ2) is 7.82. The number of rotatable bonds is 5. The van der Waals surface area contributed by atoms with Crippen LogP contribution in [-0.4, -0.2) is 20.0 Å². The number of aryl methyl sites for hydroxylation is 3. The predicted molar refractivity (Wildman–Crippen MR) is 121 cm³/mol. The quantitative estimate of drug-likeness (QED) is 0.497. The fraction of sp³-hybridized carbons (Fsp3) is 0.280. The van der Waals surface area contributed by atoms with Gasteiger partial charge in [0.25, 0.3) is 0 Å². The van der Waals surface area contributed by atoms with Crippen LogP contribution in [0.1, 0.15) is 36.8 Å². The van der Waals surface area contributed by atoms with Crippen LogP contribution >= 0.6 is 0 Å². The molecule has 1 aliphatic heterocycles. The van der Waals surface area contributed by atoms with E-state index in [1.54, 1.807) is 6.08 Å². The number of hydrogen-bond donors (Lipinski definition) is 1. The van der Waals surface area contributed by atoms with Crippen LogP contribution in [0.4, 0.5) is 0 Å². The minimum Gasteiger partial charge on any atom is -0.347 e. The molecule has 5 nitrogen and oxygen atoms in total. The summed E-state index contributed by atoms with van der Waals surface area (Å²) in [6.45, 7) is 4.60. The van der Waals surface area contributed by atoms with Crippen molar-refractivity contribution in [2.75, 3.05) is 0 Å². The molecular weight excluding hydrogens is 372 g/mol. The monoisotopic (exact) mass is 398 g/mol. The van der Waals surface area contributed by atoms with Crippen LogP contribution in [-0.2, 0) is 30.8 Å². The van der Waals surface area contributed by atoms with Gasteiger partial charge < -0.3 is 14.5 Å². The van der Waals surface area contributed by atoms with Gasteiger partial charge in [-0.05, 0) is 49.6 Å². The number of imidazole rings is 1. The van der Waals surface area contributed by atoms with E-state index >= 15 is 0 Å². The van der Waals surface area contributed by atoms with E-state index in [1.165, 1.54) is 34.6 Å². The fourth-order valence-corrected chi connectivity index (χ4v) is 4.48. The Bertz CT molecular complexity index is 1240. The van der Waals surface area contributed by atoms with E-state index < -0.39 is 0 Å². The van der Waals surface area contributed by atoms with E-state index in [4.69, 9.17) is 0 Å². The van der Waals surface area contributed by atoms with Crippen LogP contribution in [0.3, 0.4) is 0 Å². The summed E-state index contributed by atoms with van der Waals surface area (Å²) < 4.78 is 4.54. The lowest BCUT2D eigenvalue weighted by molar-refractivity contribution is -0.116. The van der Waals surface area contributed by atoms with Crippen molar-refractivity contribution in [2.24, 2.45) is 0 Å². The number of amides is 1. The second-order valence-electron chi connectivity index (χ2n) is 7.89. The lowest BCUT2D eigenvalue weighted by Crippen LogP contribution is -2.20. The van der Waals surface area contributed by atoms with E-state index in [9.17, 15) is 4.79 Å².